The predicted octanol–water partition coefficient (Wildman–Crippen LogP) is 17.6. The third-order valence-electron chi connectivity index (χ3n) is 23.5. The smallest absolute Gasteiger partial charge is 0.355 e. The van der Waals surface area contributed by atoms with Crippen LogP contribution in [0.15, 0.2) is 195 Å². The lowest BCUT2D eigenvalue weighted by Gasteiger charge is -2.32. The third-order valence-corrected chi connectivity index (χ3v) is 23.5. The average Bonchev–Trinajstić information content (AvgIpc) is 1.80. The van der Waals surface area contributed by atoms with E-state index < -0.39 is 47.0 Å². The number of nitrogens with zero attached hydrogens (tertiary/aromatic N) is 18. The Morgan fingerprint density at radius 1 is 0.303 bits per heavy atom. The number of amides is 4. The zero-order valence-corrected chi connectivity index (χ0v) is 66.1. The first-order chi connectivity index (χ1) is 58.5. The molecule has 5 saturated heterocycles. The van der Waals surface area contributed by atoms with Gasteiger partial charge in [0.25, 0.3) is 23.6 Å². The molecule has 634 valence electrons. The Morgan fingerprint density at radius 2 is 0.590 bits per heavy atom. The Morgan fingerprint density at radius 3 is 0.918 bits per heavy atom. The molecule has 14 heterocycles. The van der Waals surface area contributed by atoms with E-state index in [0.717, 1.165) is 80.2 Å². The molecule has 22 nitrogen and oxygen atoms in total. The van der Waals surface area contributed by atoms with Crippen molar-refractivity contribution in [3.8, 4) is 5.82 Å². The summed E-state index contributed by atoms with van der Waals surface area (Å²) < 4.78 is 168. The highest BCUT2D eigenvalue weighted by Gasteiger charge is 2.42. The number of carbonyl (C=O) groups is 4. The second kappa shape index (κ2) is 34.5. The molecule has 34 heteroatoms. The van der Waals surface area contributed by atoms with Gasteiger partial charge in [0.05, 0.1) is 58.4 Å². The van der Waals surface area contributed by atoms with Crippen LogP contribution >= 0.6 is 0 Å². The first-order valence-electron chi connectivity index (χ1n) is 40.6. The van der Waals surface area contributed by atoms with Crippen molar-refractivity contribution in [2.24, 2.45) is 0 Å². The molecule has 4 amide bonds. The van der Waals surface area contributed by atoms with Gasteiger partial charge in [0.1, 0.15) is 28.6 Å². The molecule has 0 atom stereocenters. The van der Waals surface area contributed by atoms with Crippen molar-refractivity contribution >= 4 is 52.0 Å². The van der Waals surface area contributed by atoms with Gasteiger partial charge < -0.3 is 29.1 Å². The number of fused-ring (bicyclic) bond motifs is 4. The van der Waals surface area contributed by atoms with E-state index >= 15 is 0 Å². The lowest BCUT2D eigenvalue weighted by atomic mass is 9.86. The summed E-state index contributed by atoms with van der Waals surface area (Å²) in [7, 11) is 0. The van der Waals surface area contributed by atoms with Crippen LogP contribution in [0.25, 0.3) is 28.4 Å². The number of anilines is 1. The molecule has 0 N–H and O–H groups in total. The number of halogens is 12. The van der Waals surface area contributed by atoms with Crippen LogP contribution in [-0.4, -0.2) is 172 Å². The van der Waals surface area contributed by atoms with Gasteiger partial charge in [0.2, 0.25) is 0 Å². The Labute approximate surface area is 691 Å². The minimum absolute atomic E-state index is 0.198. The summed E-state index contributed by atoms with van der Waals surface area (Å²) in [6.45, 7) is 6.98. The molecule has 9 aromatic heterocycles. The summed E-state index contributed by atoms with van der Waals surface area (Å²) in [6, 6.07) is 41.5. The fourth-order valence-corrected chi connectivity index (χ4v) is 17.0. The van der Waals surface area contributed by atoms with E-state index in [0.29, 0.717) is 177 Å². The van der Waals surface area contributed by atoms with Gasteiger partial charge in [-0.15, -0.1) is 10.2 Å². The normalized spacial score (nSPS) is 16.9. The van der Waals surface area contributed by atoms with Crippen molar-refractivity contribution in [2.75, 3.05) is 70.3 Å². The van der Waals surface area contributed by atoms with E-state index in [4.69, 9.17) is 0 Å². The number of aryl methyl sites for hydroxylation is 1. The molecule has 0 radical (unpaired) electrons. The largest absolute Gasteiger partial charge is 0.416 e. The van der Waals surface area contributed by atoms with Gasteiger partial charge in [0, 0.05) is 83.8 Å². The number of hydrogen-bond acceptors (Lipinski definition) is 13. The van der Waals surface area contributed by atoms with Crippen LogP contribution in [0, 0.1) is 6.92 Å². The molecule has 4 aromatic carbocycles. The van der Waals surface area contributed by atoms with E-state index in [9.17, 15) is 71.9 Å². The zero-order valence-electron chi connectivity index (χ0n) is 66.1. The summed E-state index contributed by atoms with van der Waals surface area (Å²) in [5.74, 6) is 0.338. The zero-order chi connectivity index (χ0) is 85.4. The van der Waals surface area contributed by atoms with Crippen molar-refractivity contribution in [1.82, 2.24) is 82.6 Å². The molecule has 0 spiro atoms. The Balaban J connectivity index is 0.000000121. The van der Waals surface area contributed by atoms with Gasteiger partial charge in [-0.3, -0.25) is 19.2 Å². The van der Waals surface area contributed by atoms with E-state index in [1.165, 1.54) is 24.3 Å². The maximum Gasteiger partial charge on any atom is 0.416 e. The Kier molecular flexibility index (Phi) is 23.5. The minimum atomic E-state index is -4.38. The molecule has 122 heavy (non-hydrogen) atoms. The fraction of sp³-hybridized carbons (Fsp3) is 0.364. The number of aromatic nitrogens is 13. The first-order valence-corrected chi connectivity index (χ1v) is 40.6. The van der Waals surface area contributed by atoms with Gasteiger partial charge in [-0.25, -0.2) is 38.0 Å². The number of carbonyl (C=O) groups excluding carboxylic acids is 4. The monoisotopic (exact) mass is 1680 g/mol. The van der Waals surface area contributed by atoms with Crippen molar-refractivity contribution in [1.29, 1.82) is 0 Å². The van der Waals surface area contributed by atoms with Crippen LogP contribution in [-0.2, 0) is 24.7 Å². The topological polar surface area (TPSA) is 210 Å². The van der Waals surface area contributed by atoms with Crippen molar-refractivity contribution < 1.29 is 71.9 Å². The van der Waals surface area contributed by atoms with Gasteiger partial charge in [-0.05, 0) is 215 Å². The number of rotatable bonds is 11. The molecule has 1 aliphatic carbocycles. The Hall–Kier alpha value is -12.5. The van der Waals surface area contributed by atoms with Crippen molar-refractivity contribution in [2.45, 2.75) is 138 Å². The van der Waals surface area contributed by atoms with Crippen LogP contribution in [0.3, 0.4) is 0 Å². The summed E-state index contributed by atoms with van der Waals surface area (Å²) in [6.07, 6.45) is 1.21. The predicted molar refractivity (Wildman–Crippen MR) is 427 cm³/mol. The van der Waals surface area contributed by atoms with Gasteiger partial charge in [-0.1, -0.05) is 72.8 Å². The number of alkyl halides is 12. The number of imidazole rings is 4. The number of piperidine rings is 4. The van der Waals surface area contributed by atoms with Gasteiger partial charge >= 0.3 is 24.7 Å². The van der Waals surface area contributed by atoms with Crippen molar-refractivity contribution in [3.63, 3.8) is 0 Å². The molecule has 0 bridgehead atoms. The van der Waals surface area contributed by atoms with Crippen molar-refractivity contribution in [3.05, 3.63) is 274 Å². The molecule has 1 saturated carbocycles. The van der Waals surface area contributed by atoms with Crippen LogP contribution < -0.4 is 4.90 Å². The van der Waals surface area contributed by atoms with E-state index in [-0.39, 0.29) is 53.0 Å². The van der Waals surface area contributed by atoms with Gasteiger partial charge in [-0.2, -0.15) is 62.9 Å². The molecular formula is C88H84F12N18O4. The second-order valence-corrected chi connectivity index (χ2v) is 31.5. The summed E-state index contributed by atoms with van der Waals surface area (Å²) >= 11 is 0. The second-order valence-electron chi connectivity index (χ2n) is 31.5. The highest BCUT2D eigenvalue weighted by atomic mass is 19.4. The number of benzene rings is 4. The highest BCUT2D eigenvalue weighted by Crippen LogP contribution is 2.45. The number of hydrogen-bond donors (Lipinski definition) is 0. The van der Waals surface area contributed by atoms with Crippen LogP contribution in [0.1, 0.15) is 204 Å². The molecule has 6 aliphatic rings. The molecular weight excluding hydrogens is 1600 g/mol. The summed E-state index contributed by atoms with van der Waals surface area (Å²) in [4.78, 5) is 78.1. The molecule has 13 aromatic rings. The van der Waals surface area contributed by atoms with Gasteiger partial charge in [0.15, 0.2) is 28.4 Å². The van der Waals surface area contributed by atoms with E-state index in [1.54, 1.807) is 123 Å². The molecule has 5 aliphatic heterocycles. The van der Waals surface area contributed by atoms with E-state index in [2.05, 4.69) is 45.2 Å². The maximum absolute atomic E-state index is 13.4. The number of likely N-dealkylation sites (tertiary alicyclic amines) is 4. The third kappa shape index (κ3) is 18.5. The maximum atomic E-state index is 13.4. The lowest BCUT2D eigenvalue weighted by molar-refractivity contribution is -0.139. The molecule has 6 fully saturated rings. The minimum Gasteiger partial charge on any atom is -0.355 e. The summed E-state index contributed by atoms with van der Waals surface area (Å²) in [5, 5.41) is 17.9. The quantitative estimate of drug-likeness (QED) is 0.110. The standard InChI is InChI=1S/C23H24F3N5O.C23H20F3N5O.C22H21F3N4O.C20H19F3N4O/c2*24-23(25,26)18-6-2-1-5-17(18)16-9-13-30(14-10-16)22(32)19-15-31-20(27-19)7-8-21(28-31)29-11-3-4-12-29;23-22(24,25)17-4-2-1-3-16(17)14-9-11-28(12-10-14)21(30)19-13-29-20(26-19)8-7-18(27-29)15-5-6-15;1-13-6-7-18-24-17(12-27(18)25-13)19(28)26-10-8-14(9-11-26)15-4-2-3-5-16(15)20(21,22)23/h1-2,5-8,15-16H,3-4,9-14H2;1-8,11-12,15-16H,9-10,13-14H2;1-4,7-8,13-15H,5-6,9-12H2;2-7,12,14H,8-11H2,1H3. The van der Waals surface area contributed by atoms with Crippen LogP contribution in [0.2, 0.25) is 0 Å². The molecule has 19 rings (SSSR count). The van der Waals surface area contributed by atoms with Crippen LogP contribution in [0.5, 0.6) is 0 Å². The van der Waals surface area contributed by atoms with Crippen LogP contribution in [0.4, 0.5) is 58.5 Å². The Bertz CT molecular complexity index is 5930. The SMILES string of the molecule is Cc1ccc2nc(C(=O)N3CCC(c4ccccc4C(F)(F)F)CC3)cn2n1.O=C(c1cn2nc(-n3cccc3)ccc2n1)N1CCC(c2ccccc2C(F)(F)F)CC1.O=C(c1cn2nc(C3CC3)ccc2n1)N1CCC(c2ccccc2C(F)(F)F)CC1.O=C(c1cn2nc(N3CCCC3)ccc2n1)N1CCC(c2ccccc2C(F)(F)F)CC1. The highest BCUT2D eigenvalue weighted by molar-refractivity contribution is 5.95. The molecule has 0 unspecified atom stereocenters. The van der Waals surface area contributed by atoms with E-state index in [1.807, 2.05) is 72.4 Å². The summed E-state index contributed by atoms with van der Waals surface area (Å²) in [5.41, 5.74) is 4.34. The lowest BCUT2D eigenvalue weighted by Crippen LogP contribution is -2.38. The first kappa shape index (κ1) is 83.1. The average molecular weight is 1690 g/mol. The fourth-order valence-electron chi connectivity index (χ4n) is 17.0.